The predicted molar refractivity (Wildman–Crippen MR) is 30.3 cm³/mol. The Hall–Kier alpha value is 0.830. The number of hydrogen-bond acceptors (Lipinski definition) is 5. The first-order chi connectivity index (χ1) is 4.61. The molecule has 0 bridgehead atoms. The first-order valence-corrected chi connectivity index (χ1v) is 4.22. The van der Waals surface area contributed by atoms with Crippen LogP contribution < -0.4 is 29.6 Å². The van der Waals surface area contributed by atoms with Crippen LogP contribution in [0.1, 0.15) is 0 Å². The van der Waals surface area contributed by atoms with Gasteiger partial charge in [0.1, 0.15) is 10.1 Å². The van der Waals surface area contributed by atoms with Crippen molar-refractivity contribution in [3.63, 3.8) is 0 Å². The molecular weight excluding hydrogens is 183 g/mol. The maximum absolute atomic E-state index is 10.2. The Bertz CT molecular complexity index is 195. The normalized spacial score (nSPS) is 25.7. The van der Waals surface area contributed by atoms with E-state index in [9.17, 15) is 13.0 Å². The van der Waals surface area contributed by atoms with Gasteiger partial charge < -0.3 is 14.0 Å². The average molecular weight is 190 g/mol. The van der Waals surface area contributed by atoms with Crippen LogP contribution in [0.3, 0.4) is 0 Å². The molecule has 0 amide bonds. The van der Waals surface area contributed by atoms with Crippen LogP contribution >= 0.6 is 0 Å². The molecule has 0 aliphatic carbocycles. The number of rotatable bonds is 1. The minimum Gasteiger partial charge on any atom is -0.746 e. The fraction of sp³-hybridized carbons (Fsp3) is 1.00. The summed E-state index contributed by atoms with van der Waals surface area (Å²) in [5.74, 6) is 0. The predicted octanol–water partition coefficient (Wildman–Crippen LogP) is -4.09. The Morgan fingerprint density at radius 2 is 2.00 bits per heavy atom. The second kappa shape index (κ2) is 4.76. The zero-order valence-electron chi connectivity index (χ0n) is 6.15. The zero-order chi connectivity index (χ0) is 7.61. The second-order valence-corrected chi connectivity index (χ2v) is 3.38. The van der Waals surface area contributed by atoms with Gasteiger partial charge in [0.25, 0.3) is 0 Å². The molecule has 1 fully saturated rings. The van der Waals surface area contributed by atoms with Crippen molar-refractivity contribution < 1.29 is 52.0 Å². The SMILES string of the molecule is O=S(=O)([O-])C1COCCO1.[Na+]. The van der Waals surface area contributed by atoms with Gasteiger partial charge in [-0.3, -0.25) is 0 Å². The molecule has 1 aliphatic heterocycles. The summed E-state index contributed by atoms with van der Waals surface area (Å²) < 4.78 is 40.0. The first-order valence-electron chi connectivity index (χ1n) is 2.75. The molecule has 60 valence electrons. The molecule has 11 heavy (non-hydrogen) atoms. The van der Waals surface area contributed by atoms with Gasteiger partial charge in [0.15, 0.2) is 5.44 Å². The van der Waals surface area contributed by atoms with E-state index in [1.165, 1.54) is 0 Å². The molecule has 0 saturated carbocycles. The summed E-state index contributed by atoms with van der Waals surface area (Å²) in [7, 11) is -4.32. The average Bonchev–Trinajstić information content (AvgIpc) is 1.88. The largest absolute Gasteiger partial charge is 1.00 e. The minimum atomic E-state index is -4.32. The van der Waals surface area contributed by atoms with Crippen molar-refractivity contribution in [1.29, 1.82) is 0 Å². The van der Waals surface area contributed by atoms with Crippen LogP contribution in [0.25, 0.3) is 0 Å². The molecule has 0 aromatic heterocycles. The summed E-state index contributed by atoms with van der Waals surface area (Å²) in [4.78, 5) is 0. The molecule has 1 saturated heterocycles. The minimum absolute atomic E-state index is 0. The molecule has 7 heteroatoms. The standard InChI is InChI=1S/C4H8O5S.Na/c5-10(6,7)4-3-8-1-2-9-4;/h4H,1-3H2,(H,5,6,7);/q;+1/p-1. The molecule has 5 nitrogen and oxygen atoms in total. The third kappa shape index (κ3) is 3.84. The van der Waals surface area contributed by atoms with E-state index < -0.39 is 15.6 Å². The van der Waals surface area contributed by atoms with Crippen LogP contribution in [0.15, 0.2) is 0 Å². The molecule has 0 spiro atoms. The van der Waals surface area contributed by atoms with Gasteiger partial charge in [-0.25, -0.2) is 8.42 Å². The van der Waals surface area contributed by atoms with Crippen molar-refractivity contribution >= 4 is 10.1 Å². The van der Waals surface area contributed by atoms with Crippen LogP contribution in [0.4, 0.5) is 0 Å². The Labute approximate surface area is 87.1 Å². The zero-order valence-corrected chi connectivity index (χ0v) is 8.96. The van der Waals surface area contributed by atoms with Crippen molar-refractivity contribution in [1.82, 2.24) is 0 Å². The van der Waals surface area contributed by atoms with Gasteiger partial charge >= 0.3 is 29.6 Å². The first kappa shape index (κ1) is 11.8. The van der Waals surface area contributed by atoms with Gasteiger partial charge in [-0.1, -0.05) is 0 Å². The Kier molecular flexibility index (Phi) is 5.12. The van der Waals surface area contributed by atoms with Crippen molar-refractivity contribution in [2.75, 3.05) is 19.8 Å². The Morgan fingerprint density at radius 3 is 2.27 bits per heavy atom. The quantitative estimate of drug-likeness (QED) is 0.310. The summed E-state index contributed by atoms with van der Waals surface area (Å²) in [6.45, 7) is 0.379. The molecule has 0 aromatic carbocycles. The van der Waals surface area contributed by atoms with Gasteiger partial charge in [-0.05, 0) is 0 Å². The summed E-state index contributed by atoms with van der Waals surface area (Å²) in [5.41, 5.74) is -1.30. The molecule has 1 rings (SSSR count). The molecule has 0 N–H and O–H groups in total. The van der Waals surface area contributed by atoms with E-state index >= 15 is 0 Å². The summed E-state index contributed by atoms with van der Waals surface area (Å²) >= 11 is 0. The smallest absolute Gasteiger partial charge is 0.746 e. The van der Waals surface area contributed by atoms with Gasteiger partial charge in [0.05, 0.1) is 19.8 Å². The van der Waals surface area contributed by atoms with E-state index in [0.29, 0.717) is 6.61 Å². The van der Waals surface area contributed by atoms with Crippen LogP contribution in [0.2, 0.25) is 0 Å². The topological polar surface area (TPSA) is 75.7 Å². The van der Waals surface area contributed by atoms with Gasteiger partial charge in [-0.2, -0.15) is 0 Å². The third-order valence-corrected chi connectivity index (χ3v) is 2.02. The number of hydrogen-bond donors (Lipinski definition) is 0. The molecule has 1 heterocycles. The van der Waals surface area contributed by atoms with Crippen LogP contribution in [-0.4, -0.2) is 38.2 Å². The van der Waals surface area contributed by atoms with Crippen molar-refractivity contribution in [3.8, 4) is 0 Å². The Morgan fingerprint density at radius 1 is 1.36 bits per heavy atom. The molecule has 0 radical (unpaired) electrons. The second-order valence-electron chi connectivity index (χ2n) is 1.87. The molecule has 1 aliphatic rings. The van der Waals surface area contributed by atoms with E-state index in [2.05, 4.69) is 4.74 Å². The fourth-order valence-electron chi connectivity index (χ4n) is 0.633. The van der Waals surface area contributed by atoms with E-state index in [0.717, 1.165) is 0 Å². The summed E-state index contributed by atoms with van der Waals surface area (Å²) in [5, 5.41) is 0. The maximum atomic E-state index is 10.2. The van der Waals surface area contributed by atoms with Gasteiger partial charge in [0.2, 0.25) is 0 Å². The van der Waals surface area contributed by atoms with E-state index in [-0.39, 0.29) is 42.8 Å². The third-order valence-electron chi connectivity index (χ3n) is 1.11. The van der Waals surface area contributed by atoms with E-state index in [1.807, 2.05) is 0 Å². The Balaban J connectivity index is 0.000001000. The van der Waals surface area contributed by atoms with Crippen LogP contribution in [-0.2, 0) is 19.6 Å². The summed E-state index contributed by atoms with van der Waals surface area (Å²) in [6.07, 6.45) is 0. The summed E-state index contributed by atoms with van der Waals surface area (Å²) in [6, 6.07) is 0. The van der Waals surface area contributed by atoms with E-state index in [1.54, 1.807) is 0 Å². The van der Waals surface area contributed by atoms with E-state index in [4.69, 9.17) is 4.74 Å². The molecule has 1 unspecified atom stereocenters. The van der Waals surface area contributed by atoms with Crippen LogP contribution in [0, 0.1) is 0 Å². The van der Waals surface area contributed by atoms with Crippen molar-refractivity contribution in [2.24, 2.45) is 0 Å². The molecular formula is C4H7NaO5S. The maximum Gasteiger partial charge on any atom is 1.00 e. The fourth-order valence-corrected chi connectivity index (χ4v) is 1.16. The molecule has 0 aromatic rings. The van der Waals surface area contributed by atoms with Gasteiger partial charge in [-0.15, -0.1) is 0 Å². The molecule has 1 atom stereocenters. The van der Waals surface area contributed by atoms with Crippen molar-refractivity contribution in [3.05, 3.63) is 0 Å². The monoisotopic (exact) mass is 190 g/mol. The van der Waals surface area contributed by atoms with Crippen LogP contribution in [0.5, 0.6) is 0 Å². The van der Waals surface area contributed by atoms with Crippen molar-refractivity contribution in [2.45, 2.75) is 5.44 Å². The number of ether oxygens (including phenoxy) is 2. The van der Waals surface area contributed by atoms with Gasteiger partial charge in [0, 0.05) is 0 Å².